The van der Waals surface area contributed by atoms with E-state index in [-0.39, 0.29) is 22.9 Å². The first kappa shape index (κ1) is 11.5. The molecular weight excluding hydrogens is 236 g/mol. The van der Waals surface area contributed by atoms with E-state index in [1.807, 2.05) is 6.07 Å². The van der Waals surface area contributed by atoms with Crippen LogP contribution in [0.25, 0.3) is 0 Å². The molecule has 0 radical (unpaired) electrons. The van der Waals surface area contributed by atoms with E-state index >= 15 is 0 Å². The van der Waals surface area contributed by atoms with Gasteiger partial charge in [0.15, 0.2) is 0 Å². The highest BCUT2D eigenvalue weighted by Gasteiger charge is 2.68. The van der Waals surface area contributed by atoms with Crippen LogP contribution in [0.1, 0.15) is 50.5 Å². The van der Waals surface area contributed by atoms with Gasteiger partial charge in [-0.15, -0.1) is 0 Å². The van der Waals surface area contributed by atoms with E-state index in [1.165, 1.54) is 24.8 Å². The summed E-state index contributed by atoms with van der Waals surface area (Å²) in [6, 6.07) is 10.5. The zero-order valence-corrected chi connectivity index (χ0v) is 11.2. The Morgan fingerprint density at radius 1 is 1.00 bits per heavy atom. The number of carbonyl (C=O) groups excluding carboxylic acids is 1. The third kappa shape index (κ3) is 1.30. The minimum atomic E-state index is -0.309. The first-order chi connectivity index (χ1) is 9.29. The van der Waals surface area contributed by atoms with Crippen LogP contribution in [0.3, 0.4) is 0 Å². The molecule has 2 aliphatic carbocycles. The highest BCUT2D eigenvalue weighted by atomic mass is 16.6. The summed E-state index contributed by atoms with van der Waals surface area (Å²) in [5, 5.41) is 0. The molecule has 1 aromatic carbocycles. The van der Waals surface area contributed by atoms with Crippen molar-refractivity contribution in [2.45, 2.75) is 50.5 Å². The highest BCUT2D eigenvalue weighted by Crippen LogP contribution is 2.67. The average molecular weight is 256 g/mol. The van der Waals surface area contributed by atoms with Crippen molar-refractivity contribution in [3.05, 3.63) is 35.9 Å². The van der Waals surface area contributed by atoms with Crippen LogP contribution in [0.5, 0.6) is 0 Å². The number of hydrogen-bond donors (Lipinski definition) is 0. The van der Waals surface area contributed by atoms with Crippen molar-refractivity contribution >= 4 is 5.97 Å². The average Bonchev–Trinajstić information content (AvgIpc) is 2.91. The molecule has 3 atom stereocenters. The molecule has 3 fully saturated rings. The molecule has 1 spiro atoms. The van der Waals surface area contributed by atoms with E-state index < -0.39 is 0 Å². The topological polar surface area (TPSA) is 26.3 Å². The maximum atomic E-state index is 12.4. The van der Waals surface area contributed by atoms with Gasteiger partial charge in [0.05, 0.1) is 5.92 Å². The van der Waals surface area contributed by atoms with Gasteiger partial charge < -0.3 is 4.74 Å². The maximum absolute atomic E-state index is 12.4. The predicted octanol–water partition coefficient (Wildman–Crippen LogP) is 3.80. The van der Waals surface area contributed by atoms with E-state index in [1.54, 1.807) is 0 Å². The third-order valence-electron chi connectivity index (χ3n) is 5.79. The molecule has 1 heterocycles. The fourth-order valence-corrected chi connectivity index (χ4v) is 5.06. The SMILES string of the molecule is O=C1O[C@@]2(c3ccccc3)CCC[C@]23CCCCC13. The van der Waals surface area contributed by atoms with Crippen molar-refractivity contribution < 1.29 is 9.53 Å². The van der Waals surface area contributed by atoms with Crippen LogP contribution in [0.15, 0.2) is 30.3 Å². The minimum Gasteiger partial charge on any atom is -0.453 e. The lowest BCUT2D eigenvalue weighted by atomic mass is 9.59. The molecule has 2 nitrogen and oxygen atoms in total. The van der Waals surface area contributed by atoms with Crippen LogP contribution in [0.2, 0.25) is 0 Å². The van der Waals surface area contributed by atoms with Gasteiger partial charge in [0, 0.05) is 5.41 Å². The number of hydrogen-bond acceptors (Lipinski definition) is 2. The van der Waals surface area contributed by atoms with Crippen LogP contribution in [0.4, 0.5) is 0 Å². The van der Waals surface area contributed by atoms with E-state index in [2.05, 4.69) is 24.3 Å². The summed E-state index contributed by atoms with van der Waals surface area (Å²) >= 11 is 0. The standard InChI is InChI=1S/C17H20O2/c18-15-14-9-4-5-10-16(14)11-6-12-17(16,19-15)13-7-2-1-3-8-13/h1-3,7-8,14H,4-6,9-12H2/t14?,16-,17+/m0/s1. The van der Waals surface area contributed by atoms with E-state index in [0.717, 1.165) is 25.7 Å². The van der Waals surface area contributed by atoms with Gasteiger partial charge in [0.2, 0.25) is 0 Å². The molecule has 1 aliphatic heterocycles. The summed E-state index contributed by atoms with van der Waals surface area (Å²) in [4.78, 5) is 12.4. The number of esters is 1. The van der Waals surface area contributed by atoms with Gasteiger partial charge in [-0.25, -0.2) is 0 Å². The molecule has 3 aliphatic rings. The molecule has 0 bridgehead atoms. The molecule has 2 heteroatoms. The molecule has 1 unspecified atom stereocenters. The first-order valence-corrected chi connectivity index (χ1v) is 7.57. The second-order valence-electron chi connectivity index (χ2n) is 6.42. The van der Waals surface area contributed by atoms with Crippen molar-refractivity contribution in [2.24, 2.45) is 11.3 Å². The Labute approximate surface area is 114 Å². The number of carbonyl (C=O) groups is 1. The molecular formula is C17H20O2. The van der Waals surface area contributed by atoms with Crippen molar-refractivity contribution in [3.8, 4) is 0 Å². The second kappa shape index (κ2) is 3.84. The molecule has 1 saturated heterocycles. The Balaban J connectivity index is 1.88. The highest BCUT2D eigenvalue weighted by molar-refractivity contribution is 5.78. The van der Waals surface area contributed by atoms with Gasteiger partial charge in [-0.1, -0.05) is 43.2 Å². The lowest BCUT2D eigenvalue weighted by Gasteiger charge is -2.43. The number of ether oxygens (including phenoxy) is 1. The normalized spacial score (nSPS) is 40.6. The Bertz CT molecular complexity index is 509. The van der Waals surface area contributed by atoms with Gasteiger partial charge in [0.1, 0.15) is 5.60 Å². The number of benzene rings is 1. The molecule has 0 N–H and O–H groups in total. The smallest absolute Gasteiger partial charge is 0.310 e. The monoisotopic (exact) mass is 256 g/mol. The summed E-state index contributed by atoms with van der Waals surface area (Å²) in [6.45, 7) is 0. The Morgan fingerprint density at radius 2 is 1.79 bits per heavy atom. The van der Waals surface area contributed by atoms with Crippen molar-refractivity contribution in [2.75, 3.05) is 0 Å². The van der Waals surface area contributed by atoms with Gasteiger partial charge >= 0.3 is 5.97 Å². The van der Waals surface area contributed by atoms with Crippen molar-refractivity contribution in [3.63, 3.8) is 0 Å². The Morgan fingerprint density at radius 3 is 2.63 bits per heavy atom. The number of rotatable bonds is 1. The fourth-order valence-electron chi connectivity index (χ4n) is 5.06. The molecule has 2 saturated carbocycles. The lowest BCUT2D eigenvalue weighted by molar-refractivity contribution is -0.152. The van der Waals surface area contributed by atoms with Gasteiger partial charge in [-0.05, 0) is 37.7 Å². The van der Waals surface area contributed by atoms with Crippen LogP contribution in [-0.4, -0.2) is 5.97 Å². The summed E-state index contributed by atoms with van der Waals surface area (Å²) < 4.78 is 6.06. The summed E-state index contributed by atoms with van der Waals surface area (Å²) in [5.74, 6) is 0.229. The largest absolute Gasteiger partial charge is 0.453 e. The molecule has 4 rings (SSSR count). The van der Waals surface area contributed by atoms with Gasteiger partial charge in [-0.3, -0.25) is 4.79 Å². The lowest BCUT2D eigenvalue weighted by Crippen LogP contribution is -2.43. The van der Waals surface area contributed by atoms with E-state index in [4.69, 9.17) is 4.74 Å². The zero-order valence-electron chi connectivity index (χ0n) is 11.2. The van der Waals surface area contributed by atoms with E-state index in [9.17, 15) is 4.79 Å². The van der Waals surface area contributed by atoms with Gasteiger partial charge in [0.25, 0.3) is 0 Å². The quantitative estimate of drug-likeness (QED) is 0.714. The first-order valence-electron chi connectivity index (χ1n) is 7.57. The molecule has 1 aromatic rings. The van der Waals surface area contributed by atoms with E-state index in [0.29, 0.717) is 0 Å². The Hall–Kier alpha value is -1.31. The van der Waals surface area contributed by atoms with Crippen LogP contribution >= 0.6 is 0 Å². The Kier molecular flexibility index (Phi) is 2.33. The second-order valence-corrected chi connectivity index (χ2v) is 6.42. The third-order valence-corrected chi connectivity index (χ3v) is 5.79. The minimum absolute atomic E-state index is 0.0725. The summed E-state index contributed by atoms with van der Waals surface area (Å²) in [7, 11) is 0. The molecule has 19 heavy (non-hydrogen) atoms. The van der Waals surface area contributed by atoms with Crippen molar-refractivity contribution in [1.82, 2.24) is 0 Å². The van der Waals surface area contributed by atoms with Crippen molar-refractivity contribution in [1.29, 1.82) is 0 Å². The van der Waals surface area contributed by atoms with Crippen LogP contribution in [0, 0.1) is 11.3 Å². The molecule has 0 amide bonds. The maximum Gasteiger partial charge on any atom is 0.310 e. The van der Waals surface area contributed by atoms with Crippen LogP contribution < -0.4 is 0 Å². The van der Waals surface area contributed by atoms with Crippen LogP contribution in [-0.2, 0) is 15.1 Å². The summed E-state index contributed by atoms with van der Waals surface area (Å²) in [5.41, 5.74) is 1.02. The van der Waals surface area contributed by atoms with Gasteiger partial charge in [-0.2, -0.15) is 0 Å². The molecule has 100 valence electrons. The fraction of sp³-hybridized carbons (Fsp3) is 0.588. The molecule has 0 aromatic heterocycles. The zero-order chi connectivity index (χ0) is 12.9. The summed E-state index contributed by atoms with van der Waals surface area (Å²) in [6.07, 6.45) is 8.01. The predicted molar refractivity (Wildman–Crippen MR) is 72.5 cm³/mol.